The van der Waals surface area contributed by atoms with E-state index in [4.69, 9.17) is 0 Å². The average Bonchev–Trinajstić information content (AvgIpc) is 2.92. The van der Waals surface area contributed by atoms with Crippen LogP contribution in [0.3, 0.4) is 0 Å². The third kappa shape index (κ3) is 6.65. The van der Waals surface area contributed by atoms with Crippen molar-refractivity contribution in [1.82, 2.24) is 14.5 Å². The lowest BCUT2D eigenvalue weighted by atomic mass is 9.88. The normalized spacial score (nSPS) is 19.8. The van der Waals surface area contributed by atoms with Crippen LogP contribution in [0.5, 0.6) is 0 Å². The van der Waals surface area contributed by atoms with Gasteiger partial charge in [-0.25, -0.2) is 12.8 Å². The summed E-state index contributed by atoms with van der Waals surface area (Å²) in [4.78, 5) is 40.4. The summed E-state index contributed by atoms with van der Waals surface area (Å²) in [5.41, 5.74) is 1.42. The SMILES string of the molecule is Cc1cccc(C(CC(=O)O)NC(=O)C2N(C(=O)C3CCCCC3)CCCN2S(=O)(=O)c2ccc(F)cc2)c1. The van der Waals surface area contributed by atoms with E-state index in [0.29, 0.717) is 24.8 Å². The van der Waals surface area contributed by atoms with Crippen molar-refractivity contribution in [3.8, 4) is 0 Å². The predicted molar refractivity (Wildman–Crippen MR) is 141 cm³/mol. The minimum absolute atomic E-state index is 0.0275. The maximum absolute atomic E-state index is 13.9. The number of nitrogens with zero attached hydrogens (tertiary/aromatic N) is 2. The van der Waals surface area contributed by atoms with E-state index in [9.17, 15) is 32.3 Å². The zero-order chi connectivity index (χ0) is 28.2. The molecule has 1 heterocycles. The number of carboxylic acids is 1. The average molecular weight is 560 g/mol. The van der Waals surface area contributed by atoms with Gasteiger partial charge in [-0.05, 0) is 56.0 Å². The highest BCUT2D eigenvalue weighted by molar-refractivity contribution is 7.89. The minimum Gasteiger partial charge on any atom is -0.481 e. The van der Waals surface area contributed by atoms with E-state index in [-0.39, 0.29) is 29.8 Å². The number of hydrogen-bond donors (Lipinski definition) is 2. The lowest BCUT2D eigenvalue weighted by Crippen LogP contribution is -2.64. The van der Waals surface area contributed by atoms with Gasteiger partial charge in [-0.2, -0.15) is 4.31 Å². The molecule has 39 heavy (non-hydrogen) atoms. The maximum Gasteiger partial charge on any atom is 0.305 e. The number of halogens is 1. The molecule has 0 spiro atoms. The molecule has 2 aromatic rings. The zero-order valence-corrected chi connectivity index (χ0v) is 22.7. The fraction of sp³-hybridized carbons (Fsp3) is 0.464. The second-order valence-corrected chi connectivity index (χ2v) is 12.1. The molecule has 2 fully saturated rings. The van der Waals surface area contributed by atoms with Crippen molar-refractivity contribution in [1.29, 1.82) is 0 Å². The minimum atomic E-state index is -4.30. The number of amides is 2. The summed E-state index contributed by atoms with van der Waals surface area (Å²) in [5.74, 6) is -3.12. The predicted octanol–water partition coefficient (Wildman–Crippen LogP) is 3.60. The fourth-order valence-corrected chi connectivity index (χ4v) is 7.03. The van der Waals surface area contributed by atoms with Gasteiger partial charge in [0.15, 0.2) is 6.17 Å². The highest BCUT2D eigenvalue weighted by Crippen LogP contribution is 2.31. The van der Waals surface area contributed by atoms with E-state index in [1.165, 1.54) is 4.90 Å². The molecule has 4 rings (SSSR count). The second kappa shape index (κ2) is 12.3. The van der Waals surface area contributed by atoms with Gasteiger partial charge in [-0.15, -0.1) is 0 Å². The van der Waals surface area contributed by atoms with Crippen LogP contribution in [0.2, 0.25) is 0 Å². The summed E-state index contributed by atoms with van der Waals surface area (Å²) < 4.78 is 42.0. The Balaban J connectivity index is 1.72. The molecular formula is C28H34FN3O6S. The van der Waals surface area contributed by atoms with Gasteiger partial charge in [0, 0.05) is 19.0 Å². The molecule has 2 amide bonds. The first-order valence-corrected chi connectivity index (χ1v) is 14.7. The van der Waals surface area contributed by atoms with Gasteiger partial charge in [-0.3, -0.25) is 14.4 Å². The van der Waals surface area contributed by atoms with Gasteiger partial charge >= 0.3 is 5.97 Å². The summed E-state index contributed by atoms with van der Waals surface area (Å²) in [6, 6.07) is 10.4. The van der Waals surface area contributed by atoms with E-state index >= 15 is 0 Å². The molecule has 9 nitrogen and oxygen atoms in total. The van der Waals surface area contributed by atoms with E-state index < -0.39 is 46.3 Å². The first kappa shape index (κ1) is 28.7. The van der Waals surface area contributed by atoms with Crippen molar-refractivity contribution in [2.24, 2.45) is 5.92 Å². The Kier molecular flexibility index (Phi) is 9.01. The molecule has 11 heteroatoms. The molecule has 2 atom stereocenters. The van der Waals surface area contributed by atoms with Crippen molar-refractivity contribution >= 4 is 27.8 Å². The molecule has 1 aliphatic heterocycles. The first-order valence-electron chi connectivity index (χ1n) is 13.2. The molecule has 2 aliphatic rings. The molecule has 210 valence electrons. The Labute approximate surface area is 228 Å². The topological polar surface area (TPSA) is 124 Å². The van der Waals surface area contributed by atoms with Crippen LogP contribution in [-0.2, 0) is 24.4 Å². The molecule has 1 saturated heterocycles. The molecule has 2 unspecified atom stereocenters. The van der Waals surface area contributed by atoms with E-state index in [1.807, 2.05) is 13.0 Å². The molecule has 1 aliphatic carbocycles. The molecule has 0 aromatic heterocycles. The zero-order valence-electron chi connectivity index (χ0n) is 21.9. The Morgan fingerprint density at radius 1 is 1.03 bits per heavy atom. The van der Waals surface area contributed by atoms with Crippen LogP contribution in [0.15, 0.2) is 53.4 Å². The lowest BCUT2D eigenvalue weighted by Gasteiger charge is -2.43. The Hall–Kier alpha value is -3.31. The van der Waals surface area contributed by atoms with Crippen LogP contribution in [0, 0.1) is 18.7 Å². The number of aliphatic carboxylic acids is 1. The fourth-order valence-electron chi connectivity index (χ4n) is 5.44. The highest BCUT2D eigenvalue weighted by Gasteiger charge is 2.46. The van der Waals surface area contributed by atoms with Crippen LogP contribution in [0.1, 0.15) is 62.1 Å². The van der Waals surface area contributed by atoms with Gasteiger partial charge in [0.1, 0.15) is 5.82 Å². The van der Waals surface area contributed by atoms with E-state index in [0.717, 1.165) is 53.4 Å². The molecule has 1 saturated carbocycles. The van der Waals surface area contributed by atoms with Crippen LogP contribution in [-0.4, -0.2) is 59.8 Å². The van der Waals surface area contributed by atoms with Gasteiger partial charge in [-0.1, -0.05) is 49.1 Å². The smallest absolute Gasteiger partial charge is 0.305 e. The lowest BCUT2D eigenvalue weighted by molar-refractivity contribution is -0.151. The highest BCUT2D eigenvalue weighted by atomic mass is 32.2. The van der Waals surface area contributed by atoms with Crippen LogP contribution in [0.25, 0.3) is 0 Å². The van der Waals surface area contributed by atoms with Gasteiger partial charge in [0.05, 0.1) is 17.4 Å². The Bertz CT molecular complexity index is 1310. The van der Waals surface area contributed by atoms with Crippen molar-refractivity contribution in [2.75, 3.05) is 13.1 Å². The van der Waals surface area contributed by atoms with Gasteiger partial charge in [0.25, 0.3) is 5.91 Å². The van der Waals surface area contributed by atoms with Crippen LogP contribution < -0.4 is 5.32 Å². The van der Waals surface area contributed by atoms with Crippen molar-refractivity contribution < 1.29 is 32.3 Å². The number of aryl methyl sites for hydroxylation is 1. The second-order valence-electron chi connectivity index (χ2n) is 10.2. The third-order valence-corrected chi connectivity index (χ3v) is 9.25. The van der Waals surface area contributed by atoms with Gasteiger partial charge in [0.2, 0.25) is 15.9 Å². The Morgan fingerprint density at radius 3 is 2.36 bits per heavy atom. The van der Waals surface area contributed by atoms with E-state index in [2.05, 4.69) is 5.32 Å². The third-order valence-electron chi connectivity index (χ3n) is 7.38. The quantitative estimate of drug-likeness (QED) is 0.510. The summed E-state index contributed by atoms with van der Waals surface area (Å²) >= 11 is 0. The maximum atomic E-state index is 13.9. The molecule has 0 bridgehead atoms. The number of carbonyl (C=O) groups excluding carboxylic acids is 2. The summed E-state index contributed by atoms with van der Waals surface area (Å²) in [5, 5.41) is 12.3. The van der Waals surface area contributed by atoms with Crippen LogP contribution in [0.4, 0.5) is 4.39 Å². The standard InChI is InChI=1S/C28H34FN3O6S/c1-19-7-5-10-21(17-19)24(18-25(33)34)30-26(35)27-31(28(36)20-8-3-2-4-9-20)15-6-16-32(27)39(37,38)23-13-11-22(29)12-14-23/h5,7,10-14,17,20,24,27H,2-4,6,8-9,15-16,18H2,1H3,(H,30,35)(H,33,34). The number of nitrogens with one attached hydrogen (secondary N) is 1. The number of rotatable bonds is 8. The van der Waals surface area contributed by atoms with Gasteiger partial charge < -0.3 is 15.3 Å². The summed E-state index contributed by atoms with van der Waals surface area (Å²) in [6.45, 7) is 2.00. The van der Waals surface area contributed by atoms with Crippen molar-refractivity contribution in [3.05, 3.63) is 65.5 Å². The largest absolute Gasteiger partial charge is 0.481 e. The number of carbonyl (C=O) groups is 3. The summed E-state index contributed by atoms with van der Waals surface area (Å²) in [6.07, 6.45) is 2.50. The number of sulfonamides is 1. The molecule has 2 N–H and O–H groups in total. The van der Waals surface area contributed by atoms with E-state index in [1.54, 1.807) is 18.2 Å². The number of hydrogen-bond acceptors (Lipinski definition) is 5. The van der Waals surface area contributed by atoms with Crippen LogP contribution >= 0.6 is 0 Å². The first-order chi connectivity index (χ1) is 18.6. The number of benzene rings is 2. The summed E-state index contributed by atoms with van der Waals surface area (Å²) in [7, 11) is -4.30. The molecule has 0 radical (unpaired) electrons. The Morgan fingerprint density at radius 2 is 1.72 bits per heavy atom. The molecule has 2 aromatic carbocycles. The van der Waals surface area contributed by atoms with Crippen molar-refractivity contribution in [2.45, 2.75) is 69.0 Å². The monoisotopic (exact) mass is 559 g/mol. The molecular weight excluding hydrogens is 525 g/mol. The number of carboxylic acid groups (broad SMARTS) is 1. The van der Waals surface area contributed by atoms with Crippen molar-refractivity contribution in [3.63, 3.8) is 0 Å².